The van der Waals surface area contributed by atoms with Gasteiger partial charge in [-0.3, -0.25) is 0 Å². The lowest BCUT2D eigenvalue weighted by Crippen LogP contribution is -2.08. The van der Waals surface area contributed by atoms with E-state index in [1.807, 2.05) is 41.5 Å². The van der Waals surface area contributed by atoms with Gasteiger partial charge in [-0.15, -0.1) is 0 Å². The second kappa shape index (κ2) is 6.79. The monoisotopic (exact) mass is 319 g/mol. The molecule has 7 heteroatoms. The van der Waals surface area contributed by atoms with E-state index in [1.165, 1.54) is 0 Å². The smallest absolute Gasteiger partial charge is 0.374 e. The van der Waals surface area contributed by atoms with Gasteiger partial charge in [0, 0.05) is 17.0 Å². The van der Waals surface area contributed by atoms with E-state index in [-0.39, 0.29) is 11.3 Å². The molecule has 0 N–H and O–H groups in total. The largest absolute Gasteiger partial charge is 0.566 e. The molecule has 0 saturated carbocycles. The molecule has 24 heavy (non-hydrogen) atoms. The van der Waals surface area contributed by atoms with Crippen LogP contribution in [-0.2, 0) is 4.65 Å². The Morgan fingerprint density at radius 2 is 1.17 bits per heavy atom. The van der Waals surface area contributed by atoms with Crippen molar-refractivity contribution in [3.63, 3.8) is 0 Å². The van der Waals surface area contributed by atoms with E-state index < -0.39 is 0 Å². The first-order chi connectivity index (χ1) is 11.3. The zero-order chi connectivity index (χ0) is 18.0. The molecule has 0 atom stereocenters. The molecule has 0 fully saturated rings. The van der Waals surface area contributed by atoms with Crippen LogP contribution >= 0.6 is 0 Å². The van der Waals surface area contributed by atoms with Crippen LogP contribution in [0.2, 0.25) is 0 Å². The van der Waals surface area contributed by atoms with E-state index in [9.17, 15) is 5.26 Å². The predicted octanol–water partition coefficient (Wildman–Crippen LogP) is 2.61. The highest BCUT2D eigenvalue weighted by molar-refractivity contribution is 6.07. The van der Waals surface area contributed by atoms with Crippen molar-refractivity contribution in [2.75, 3.05) is 0 Å². The van der Waals surface area contributed by atoms with E-state index in [2.05, 4.69) is 26.0 Å². The third kappa shape index (κ3) is 3.13. The molecule has 0 unspecified atom stereocenters. The molecule has 0 spiro atoms. The number of hydrogen-bond donors (Lipinski definition) is 0. The summed E-state index contributed by atoms with van der Waals surface area (Å²) in [6.07, 6.45) is 0. The van der Waals surface area contributed by atoms with Gasteiger partial charge in [0.15, 0.2) is 0 Å². The Bertz CT molecular complexity index is 837. The fourth-order valence-corrected chi connectivity index (χ4v) is 2.92. The highest BCUT2D eigenvalue weighted by Crippen LogP contribution is 2.31. The first-order valence-electron chi connectivity index (χ1n) is 7.45. The molecule has 2 rings (SSSR count). The Kier molecular flexibility index (Phi) is 4.98. The summed E-state index contributed by atoms with van der Waals surface area (Å²) in [6, 6.07) is 2.18. The molecule has 0 bridgehead atoms. The van der Waals surface area contributed by atoms with Crippen LogP contribution in [0.4, 0.5) is 0 Å². The minimum absolute atomic E-state index is 0.228. The van der Waals surface area contributed by atoms with Crippen molar-refractivity contribution in [2.24, 2.45) is 0 Å². The average Bonchev–Trinajstić information content (AvgIpc) is 2.46. The quantitative estimate of drug-likeness (QED) is 0.491. The topological polar surface area (TPSA) is 84.6 Å². The lowest BCUT2D eigenvalue weighted by molar-refractivity contribution is 0.571. The maximum absolute atomic E-state index is 9.76. The second-order valence-electron chi connectivity index (χ2n) is 5.57. The van der Waals surface area contributed by atoms with Gasteiger partial charge in [-0.05, 0) is 41.5 Å². The van der Waals surface area contributed by atoms with Crippen molar-refractivity contribution in [3.8, 4) is 6.07 Å². The van der Waals surface area contributed by atoms with Gasteiger partial charge >= 0.3 is 8.05 Å². The summed E-state index contributed by atoms with van der Waals surface area (Å²) in [6.45, 7) is 10.9. The van der Waals surface area contributed by atoms with Gasteiger partial charge in [0.2, 0.25) is 0 Å². The third-order valence-electron chi connectivity index (χ3n) is 3.70. The lowest BCUT2D eigenvalue weighted by Gasteiger charge is -2.17. The molecule has 0 aliphatic heterocycles. The highest BCUT2D eigenvalue weighted by Gasteiger charge is 2.21. The summed E-state index contributed by atoms with van der Waals surface area (Å²) in [7, 11) is 5.52. The van der Waals surface area contributed by atoms with Crippen molar-refractivity contribution in [3.05, 3.63) is 45.6 Å². The van der Waals surface area contributed by atoms with Crippen LogP contribution < -0.4 is 0 Å². The molecule has 120 valence electrons. The van der Waals surface area contributed by atoms with Gasteiger partial charge in [-0.1, -0.05) is 0 Å². The molecule has 2 aromatic heterocycles. The number of rotatable bonds is 3. The molecule has 0 aromatic carbocycles. The van der Waals surface area contributed by atoms with Crippen LogP contribution in [0.25, 0.3) is 11.3 Å². The van der Waals surface area contributed by atoms with Crippen molar-refractivity contribution in [1.29, 1.82) is 5.26 Å². The van der Waals surface area contributed by atoms with Gasteiger partial charge in [0.05, 0.1) is 17.0 Å². The summed E-state index contributed by atoms with van der Waals surface area (Å²) in [5.74, 6) is 1.52. The van der Waals surface area contributed by atoms with Gasteiger partial charge < -0.3 is 4.65 Å². The Labute approximate surface area is 143 Å². The van der Waals surface area contributed by atoms with Gasteiger partial charge in [0.1, 0.15) is 29.1 Å². The number of aromatic nitrogens is 4. The number of nitrogens with zero attached hydrogens (tertiary/aromatic N) is 5. The molecule has 0 aliphatic rings. The summed E-state index contributed by atoms with van der Waals surface area (Å²) in [5, 5.41) is 9.76. The molecule has 6 nitrogen and oxygen atoms in total. The summed E-state index contributed by atoms with van der Waals surface area (Å²) in [4.78, 5) is 17.4. The highest BCUT2D eigenvalue weighted by atomic mass is 16.4. The molecule has 2 heterocycles. The van der Waals surface area contributed by atoms with Crippen LogP contribution in [0.3, 0.4) is 0 Å². The SMILES string of the molecule is [B]OC(=C(C#N)c1c(C)nc(C)nc1C)c1c(C)nc(C)nc1C. The Morgan fingerprint density at radius 1 is 0.792 bits per heavy atom. The second-order valence-corrected chi connectivity index (χ2v) is 5.57. The molecular weight excluding hydrogens is 301 g/mol. The minimum Gasteiger partial charge on any atom is -0.566 e. The van der Waals surface area contributed by atoms with Crippen LogP contribution in [-0.4, -0.2) is 28.0 Å². The number of hydrogen-bond acceptors (Lipinski definition) is 6. The maximum Gasteiger partial charge on any atom is 0.374 e. The summed E-state index contributed by atoms with van der Waals surface area (Å²) in [5.41, 5.74) is 4.25. The first-order valence-corrected chi connectivity index (χ1v) is 7.45. The Hall–Kier alpha value is -2.75. The van der Waals surface area contributed by atoms with E-state index in [1.54, 1.807) is 0 Å². The van der Waals surface area contributed by atoms with Crippen LogP contribution in [0.5, 0.6) is 0 Å². The van der Waals surface area contributed by atoms with E-state index in [0.717, 1.165) is 0 Å². The van der Waals surface area contributed by atoms with Gasteiger partial charge in [-0.2, -0.15) is 5.26 Å². The Morgan fingerprint density at radius 3 is 1.50 bits per heavy atom. The molecule has 0 aliphatic carbocycles. The molecule has 2 radical (unpaired) electrons. The average molecular weight is 319 g/mol. The zero-order valence-electron chi connectivity index (χ0n) is 14.7. The predicted molar refractivity (Wildman–Crippen MR) is 91.8 cm³/mol. The molecule has 0 amide bonds. The van der Waals surface area contributed by atoms with Crippen molar-refractivity contribution in [2.45, 2.75) is 41.5 Å². The van der Waals surface area contributed by atoms with Crippen LogP contribution in [0, 0.1) is 52.9 Å². The zero-order valence-corrected chi connectivity index (χ0v) is 14.7. The summed E-state index contributed by atoms with van der Waals surface area (Å²) >= 11 is 0. The molecule has 2 aromatic rings. The number of nitriles is 1. The van der Waals surface area contributed by atoms with E-state index in [0.29, 0.717) is 45.6 Å². The molecular formula is C17H18BN5O. The van der Waals surface area contributed by atoms with Crippen LogP contribution in [0.15, 0.2) is 0 Å². The van der Waals surface area contributed by atoms with Gasteiger partial charge in [-0.25, -0.2) is 19.9 Å². The number of aryl methyl sites for hydroxylation is 6. The fraction of sp³-hybridized carbons (Fsp3) is 0.353. The minimum atomic E-state index is 0.228. The van der Waals surface area contributed by atoms with Gasteiger partial charge in [0.25, 0.3) is 0 Å². The first kappa shape index (κ1) is 17.6. The third-order valence-corrected chi connectivity index (χ3v) is 3.70. The standard InChI is InChI=1S/C17H18BN5O/c1-8-15(9(2)21-12(5)20-8)14(7-19)17(24-18)16-10(3)22-13(6)23-11(16)4/h1-6H3. The Balaban J connectivity index is 2.86. The van der Waals surface area contributed by atoms with Crippen LogP contribution in [0.1, 0.15) is 45.6 Å². The maximum atomic E-state index is 9.76. The summed E-state index contributed by atoms with van der Waals surface area (Å²) < 4.78 is 5.11. The number of allylic oxidation sites excluding steroid dienone is 1. The van der Waals surface area contributed by atoms with E-state index in [4.69, 9.17) is 12.7 Å². The molecule has 0 saturated heterocycles. The van der Waals surface area contributed by atoms with Crippen molar-refractivity contribution < 1.29 is 4.65 Å². The normalized spacial score (nSPS) is 11.7. The fourth-order valence-electron chi connectivity index (χ4n) is 2.92. The van der Waals surface area contributed by atoms with Crippen molar-refractivity contribution in [1.82, 2.24) is 19.9 Å². The lowest BCUT2D eigenvalue weighted by atomic mass is 9.97. The van der Waals surface area contributed by atoms with Crippen molar-refractivity contribution >= 4 is 19.4 Å². The van der Waals surface area contributed by atoms with E-state index >= 15 is 0 Å².